The summed E-state index contributed by atoms with van der Waals surface area (Å²) in [5.41, 5.74) is 1.03. The Bertz CT molecular complexity index is 709. The van der Waals surface area contributed by atoms with Crippen molar-refractivity contribution in [2.45, 2.75) is 18.7 Å². The highest BCUT2D eigenvalue weighted by Gasteiger charge is 2.17. The number of nitrogens with zero attached hydrogens (tertiary/aromatic N) is 1. The van der Waals surface area contributed by atoms with E-state index in [1.165, 1.54) is 0 Å². The Hall–Kier alpha value is -1.63. The Kier molecular flexibility index (Phi) is 4.27. The van der Waals surface area contributed by atoms with Crippen molar-refractivity contribution in [3.63, 3.8) is 0 Å². The Morgan fingerprint density at radius 2 is 1.65 bits per heavy atom. The third-order valence-corrected chi connectivity index (χ3v) is 4.65. The molecule has 0 aromatic heterocycles. The van der Waals surface area contributed by atoms with Gasteiger partial charge in [0.05, 0.1) is 4.90 Å². The lowest BCUT2D eigenvalue weighted by Crippen LogP contribution is -2.30. The number of anilines is 1. The topological polar surface area (TPSA) is 75.4 Å². The van der Waals surface area contributed by atoms with Crippen molar-refractivity contribution in [1.82, 2.24) is 4.83 Å². The maximum atomic E-state index is 12.0. The van der Waals surface area contributed by atoms with Gasteiger partial charge in [-0.3, -0.25) is 5.84 Å². The SMILES string of the molecule is CCN(CC)c1cccc2c(S(=O)(=O)NN)cccc12. The summed E-state index contributed by atoms with van der Waals surface area (Å²) >= 11 is 0. The summed E-state index contributed by atoms with van der Waals surface area (Å²) in [6, 6.07) is 10.9. The van der Waals surface area contributed by atoms with Crippen LogP contribution in [0.2, 0.25) is 0 Å². The van der Waals surface area contributed by atoms with E-state index in [2.05, 4.69) is 18.7 Å². The molecule has 0 unspecified atom stereocenters. The molecular formula is C14H19N3O2S. The molecule has 0 heterocycles. The van der Waals surface area contributed by atoms with Gasteiger partial charge in [0.1, 0.15) is 0 Å². The molecule has 6 heteroatoms. The van der Waals surface area contributed by atoms with Gasteiger partial charge in [0.25, 0.3) is 10.0 Å². The van der Waals surface area contributed by atoms with Gasteiger partial charge in [-0.15, -0.1) is 0 Å². The maximum absolute atomic E-state index is 12.0. The fraction of sp³-hybridized carbons (Fsp3) is 0.286. The number of nitrogens with two attached hydrogens (primary N) is 1. The normalized spacial score (nSPS) is 11.8. The predicted molar refractivity (Wildman–Crippen MR) is 82.0 cm³/mol. The van der Waals surface area contributed by atoms with Gasteiger partial charge in [-0.05, 0) is 26.0 Å². The number of nitrogens with one attached hydrogen (secondary N) is 1. The molecule has 0 aliphatic carbocycles. The zero-order chi connectivity index (χ0) is 14.8. The summed E-state index contributed by atoms with van der Waals surface area (Å²) < 4.78 is 24.0. The van der Waals surface area contributed by atoms with Crippen molar-refractivity contribution in [2.75, 3.05) is 18.0 Å². The number of hydrogen-bond donors (Lipinski definition) is 2. The standard InChI is InChI=1S/C14H19N3O2S/c1-3-17(4-2)13-9-5-8-12-11(13)7-6-10-14(12)20(18,19)16-15/h5-10,16H,3-4,15H2,1-2H3. The fourth-order valence-corrected chi connectivity index (χ4v) is 3.25. The number of benzene rings is 2. The molecule has 2 aromatic carbocycles. The molecule has 0 aliphatic rings. The lowest BCUT2D eigenvalue weighted by Gasteiger charge is -2.23. The molecule has 0 saturated heterocycles. The zero-order valence-corrected chi connectivity index (χ0v) is 12.4. The first kappa shape index (κ1) is 14.8. The molecule has 0 saturated carbocycles. The van der Waals surface area contributed by atoms with Crippen LogP contribution < -0.4 is 15.6 Å². The number of hydrazine groups is 1. The Labute approximate surface area is 119 Å². The summed E-state index contributed by atoms with van der Waals surface area (Å²) in [6.07, 6.45) is 0. The lowest BCUT2D eigenvalue weighted by molar-refractivity contribution is 0.585. The molecular weight excluding hydrogens is 274 g/mol. The van der Waals surface area contributed by atoms with E-state index in [9.17, 15) is 8.42 Å². The molecule has 2 aromatic rings. The van der Waals surface area contributed by atoms with Gasteiger partial charge in [0, 0.05) is 29.5 Å². The third kappa shape index (κ3) is 2.49. The van der Waals surface area contributed by atoms with E-state index in [4.69, 9.17) is 5.84 Å². The van der Waals surface area contributed by atoms with Crippen molar-refractivity contribution in [1.29, 1.82) is 0 Å². The fourth-order valence-electron chi connectivity index (χ4n) is 2.40. The van der Waals surface area contributed by atoms with E-state index in [1.54, 1.807) is 18.2 Å². The Balaban J connectivity index is 2.76. The molecule has 0 amide bonds. The highest BCUT2D eigenvalue weighted by atomic mass is 32.2. The molecule has 108 valence electrons. The van der Waals surface area contributed by atoms with Gasteiger partial charge in [0.15, 0.2) is 0 Å². The van der Waals surface area contributed by atoms with E-state index < -0.39 is 10.0 Å². The van der Waals surface area contributed by atoms with Crippen LogP contribution in [0.1, 0.15) is 13.8 Å². The zero-order valence-electron chi connectivity index (χ0n) is 11.6. The van der Waals surface area contributed by atoms with Gasteiger partial charge in [-0.2, -0.15) is 4.83 Å². The van der Waals surface area contributed by atoms with Gasteiger partial charge in [-0.1, -0.05) is 24.3 Å². The first-order valence-electron chi connectivity index (χ1n) is 6.54. The van der Waals surface area contributed by atoms with E-state index in [0.29, 0.717) is 5.39 Å². The second kappa shape index (κ2) is 5.78. The lowest BCUT2D eigenvalue weighted by atomic mass is 10.1. The predicted octanol–water partition coefficient (Wildman–Crippen LogP) is 1.84. The molecule has 0 atom stereocenters. The highest BCUT2D eigenvalue weighted by molar-refractivity contribution is 7.89. The molecule has 0 aliphatic heterocycles. The number of rotatable bonds is 5. The van der Waals surface area contributed by atoms with Gasteiger partial charge < -0.3 is 4.90 Å². The minimum atomic E-state index is -3.67. The highest BCUT2D eigenvalue weighted by Crippen LogP contribution is 2.30. The molecule has 2 rings (SSSR count). The Morgan fingerprint density at radius 3 is 2.25 bits per heavy atom. The quantitative estimate of drug-likeness (QED) is 0.651. The minimum Gasteiger partial charge on any atom is -0.372 e. The first-order chi connectivity index (χ1) is 9.55. The van der Waals surface area contributed by atoms with Crippen LogP contribution in [0.25, 0.3) is 10.8 Å². The van der Waals surface area contributed by atoms with Crippen molar-refractivity contribution in [3.8, 4) is 0 Å². The van der Waals surface area contributed by atoms with Gasteiger partial charge in [0.2, 0.25) is 0 Å². The third-order valence-electron chi connectivity index (χ3n) is 3.41. The first-order valence-corrected chi connectivity index (χ1v) is 8.02. The monoisotopic (exact) mass is 293 g/mol. The molecule has 3 N–H and O–H groups in total. The van der Waals surface area contributed by atoms with Crippen LogP contribution in [-0.2, 0) is 10.0 Å². The van der Waals surface area contributed by atoms with E-state index in [0.717, 1.165) is 24.2 Å². The molecule has 0 spiro atoms. The van der Waals surface area contributed by atoms with Gasteiger partial charge >= 0.3 is 0 Å². The summed E-state index contributed by atoms with van der Waals surface area (Å²) in [6.45, 7) is 5.87. The average Bonchev–Trinajstić information content (AvgIpc) is 2.48. The summed E-state index contributed by atoms with van der Waals surface area (Å²) in [4.78, 5) is 4.27. The maximum Gasteiger partial charge on any atom is 0.253 e. The van der Waals surface area contributed by atoms with Crippen LogP contribution in [0.5, 0.6) is 0 Å². The second-order valence-corrected chi connectivity index (χ2v) is 6.10. The van der Waals surface area contributed by atoms with Crippen LogP contribution in [0.3, 0.4) is 0 Å². The van der Waals surface area contributed by atoms with Crippen molar-refractivity contribution in [2.24, 2.45) is 5.84 Å². The van der Waals surface area contributed by atoms with Gasteiger partial charge in [-0.25, -0.2) is 8.42 Å². The second-order valence-electron chi connectivity index (χ2n) is 4.42. The van der Waals surface area contributed by atoms with Crippen molar-refractivity contribution >= 4 is 26.5 Å². The summed E-state index contributed by atoms with van der Waals surface area (Å²) in [5.74, 6) is 5.13. The number of hydrogen-bond acceptors (Lipinski definition) is 4. The van der Waals surface area contributed by atoms with E-state index >= 15 is 0 Å². The van der Waals surface area contributed by atoms with Crippen LogP contribution in [0.15, 0.2) is 41.3 Å². The molecule has 5 nitrogen and oxygen atoms in total. The van der Waals surface area contributed by atoms with Crippen LogP contribution in [-0.4, -0.2) is 21.5 Å². The Morgan fingerprint density at radius 1 is 1.05 bits per heavy atom. The molecule has 20 heavy (non-hydrogen) atoms. The molecule has 0 radical (unpaired) electrons. The van der Waals surface area contributed by atoms with Crippen LogP contribution in [0, 0.1) is 0 Å². The minimum absolute atomic E-state index is 0.200. The summed E-state index contributed by atoms with van der Waals surface area (Å²) in [5, 5.41) is 1.59. The van der Waals surface area contributed by atoms with Crippen LogP contribution >= 0.6 is 0 Å². The smallest absolute Gasteiger partial charge is 0.253 e. The van der Waals surface area contributed by atoms with Crippen molar-refractivity contribution in [3.05, 3.63) is 36.4 Å². The van der Waals surface area contributed by atoms with Crippen LogP contribution in [0.4, 0.5) is 5.69 Å². The van der Waals surface area contributed by atoms with E-state index in [-0.39, 0.29) is 4.90 Å². The average molecular weight is 293 g/mol. The largest absolute Gasteiger partial charge is 0.372 e. The molecule has 0 bridgehead atoms. The van der Waals surface area contributed by atoms with Crippen molar-refractivity contribution < 1.29 is 8.42 Å². The summed E-state index contributed by atoms with van der Waals surface area (Å²) in [7, 11) is -3.67. The molecule has 0 fully saturated rings. The van der Waals surface area contributed by atoms with E-state index in [1.807, 2.05) is 23.0 Å². The number of sulfonamides is 1. The number of fused-ring (bicyclic) bond motifs is 1.